The van der Waals surface area contributed by atoms with Crippen LogP contribution < -0.4 is 10.1 Å². The Hall–Kier alpha value is -3.33. The molecule has 134 valence electrons. The van der Waals surface area contributed by atoms with Crippen LogP contribution in [0.1, 0.15) is 25.0 Å². The lowest BCUT2D eigenvalue weighted by Gasteiger charge is -2.18. The molecule has 2 aromatic rings. The van der Waals surface area contributed by atoms with Gasteiger partial charge < -0.3 is 14.8 Å². The van der Waals surface area contributed by atoms with Gasteiger partial charge in [-0.25, -0.2) is 4.79 Å². The maximum absolute atomic E-state index is 12.1. The number of amides is 1. The molecule has 2 rings (SSSR count). The number of hydrogen-bond donors (Lipinski definition) is 1. The van der Waals surface area contributed by atoms with E-state index in [9.17, 15) is 9.59 Å². The summed E-state index contributed by atoms with van der Waals surface area (Å²) in [6.45, 7) is 4.98. The van der Waals surface area contributed by atoms with Crippen LogP contribution in [0.2, 0.25) is 0 Å². The standard InChI is InChI=1S/C20H20N2O4/c1-13-4-8-17(9-5-13)22-19(23)14(2)26-20(24)15(3)25-18-10-6-16(12-21)7-11-18/h4-11,14-15H,1-3H3,(H,22,23)/t14-,15+/m0/s1. The Morgan fingerprint density at radius 1 is 1.00 bits per heavy atom. The van der Waals surface area contributed by atoms with Crippen molar-refractivity contribution in [3.05, 3.63) is 59.7 Å². The SMILES string of the molecule is Cc1ccc(NC(=O)[C@H](C)OC(=O)[C@@H](C)Oc2ccc(C#N)cc2)cc1. The van der Waals surface area contributed by atoms with Gasteiger partial charge in [0.25, 0.3) is 5.91 Å². The van der Waals surface area contributed by atoms with Crippen LogP contribution in [0.25, 0.3) is 0 Å². The minimum absolute atomic E-state index is 0.423. The lowest BCUT2D eigenvalue weighted by atomic mass is 10.2. The molecule has 0 saturated carbocycles. The molecule has 26 heavy (non-hydrogen) atoms. The van der Waals surface area contributed by atoms with E-state index in [1.807, 2.05) is 25.1 Å². The van der Waals surface area contributed by atoms with Crippen molar-refractivity contribution in [3.8, 4) is 11.8 Å². The first-order chi connectivity index (χ1) is 12.4. The minimum atomic E-state index is -0.962. The molecule has 2 atom stereocenters. The normalized spacial score (nSPS) is 12.4. The van der Waals surface area contributed by atoms with Gasteiger partial charge >= 0.3 is 5.97 Å². The Bertz CT molecular complexity index is 807. The molecule has 0 heterocycles. The smallest absolute Gasteiger partial charge is 0.347 e. The van der Waals surface area contributed by atoms with Crippen molar-refractivity contribution < 1.29 is 19.1 Å². The number of aryl methyl sites for hydroxylation is 1. The summed E-state index contributed by atoms with van der Waals surface area (Å²) in [5.74, 6) is -0.640. The largest absolute Gasteiger partial charge is 0.479 e. The first-order valence-corrected chi connectivity index (χ1v) is 8.14. The average Bonchev–Trinajstić information content (AvgIpc) is 2.64. The molecular formula is C20H20N2O4. The second kappa shape index (κ2) is 8.67. The summed E-state index contributed by atoms with van der Waals surface area (Å²) >= 11 is 0. The highest BCUT2D eigenvalue weighted by molar-refractivity contribution is 5.95. The third-order valence-electron chi connectivity index (χ3n) is 3.61. The van der Waals surface area contributed by atoms with Gasteiger partial charge in [-0.1, -0.05) is 17.7 Å². The van der Waals surface area contributed by atoms with Crippen LogP contribution in [0.3, 0.4) is 0 Å². The average molecular weight is 352 g/mol. The van der Waals surface area contributed by atoms with Gasteiger partial charge in [-0.05, 0) is 57.2 Å². The van der Waals surface area contributed by atoms with Crippen molar-refractivity contribution in [2.75, 3.05) is 5.32 Å². The summed E-state index contributed by atoms with van der Waals surface area (Å²) in [6.07, 6.45) is -1.85. The number of rotatable bonds is 6. The van der Waals surface area contributed by atoms with E-state index in [4.69, 9.17) is 14.7 Å². The molecule has 1 amide bonds. The zero-order chi connectivity index (χ0) is 19.1. The highest BCUT2D eigenvalue weighted by Crippen LogP contribution is 2.15. The van der Waals surface area contributed by atoms with Crippen LogP contribution in [-0.2, 0) is 14.3 Å². The third-order valence-corrected chi connectivity index (χ3v) is 3.61. The van der Waals surface area contributed by atoms with Gasteiger partial charge in [0.15, 0.2) is 12.2 Å². The lowest BCUT2D eigenvalue weighted by Crippen LogP contribution is -2.35. The van der Waals surface area contributed by atoms with Crippen molar-refractivity contribution in [2.45, 2.75) is 33.0 Å². The van der Waals surface area contributed by atoms with Gasteiger partial charge in [-0.3, -0.25) is 4.79 Å². The van der Waals surface area contributed by atoms with Gasteiger partial charge in [0.05, 0.1) is 11.6 Å². The number of carbonyl (C=O) groups is 2. The molecule has 0 aliphatic carbocycles. The number of hydrogen-bond acceptors (Lipinski definition) is 5. The zero-order valence-corrected chi connectivity index (χ0v) is 14.9. The minimum Gasteiger partial charge on any atom is -0.479 e. The quantitative estimate of drug-likeness (QED) is 0.807. The fourth-order valence-electron chi connectivity index (χ4n) is 2.06. The summed E-state index contributed by atoms with van der Waals surface area (Å²) < 4.78 is 10.6. The first-order valence-electron chi connectivity index (χ1n) is 8.14. The Morgan fingerprint density at radius 3 is 2.19 bits per heavy atom. The zero-order valence-electron chi connectivity index (χ0n) is 14.9. The molecule has 0 unspecified atom stereocenters. The summed E-state index contributed by atoms with van der Waals surface area (Å²) in [5.41, 5.74) is 2.20. The van der Waals surface area contributed by atoms with Gasteiger partial charge in [0.1, 0.15) is 5.75 Å². The monoisotopic (exact) mass is 352 g/mol. The van der Waals surface area contributed by atoms with Crippen molar-refractivity contribution in [1.29, 1.82) is 5.26 Å². The number of carbonyl (C=O) groups excluding carboxylic acids is 2. The molecule has 1 N–H and O–H groups in total. The molecule has 0 fully saturated rings. The second-order valence-corrected chi connectivity index (χ2v) is 5.83. The molecule has 0 saturated heterocycles. The molecule has 0 aliphatic rings. The maximum Gasteiger partial charge on any atom is 0.347 e. The molecule has 0 radical (unpaired) electrons. The van der Waals surface area contributed by atoms with Crippen LogP contribution >= 0.6 is 0 Å². The summed E-state index contributed by atoms with van der Waals surface area (Å²) in [5, 5.41) is 11.5. The number of benzene rings is 2. The van der Waals surface area contributed by atoms with E-state index in [0.717, 1.165) is 5.56 Å². The van der Waals surface area contributed by atoms with E-state index < -0.39 is 24.1 Å². The highest BCUT2D eigenvalue weighted by atomic mass is 16.6. The fraction of sp³-hybridized carbons (Fsp3) is 0.250. The van der Waals surface area contributed by atoms with E-state index in [2.05, 4.69) is 5.32 Å². The molecule has 6 heteroatoms. The van der Waals surface area contributed by atoms with E-state index in [1.54, 1.807) is 36.4 Å². The fourth-order valence-corrected chi connectivity index (χ4v) is 2.06. The van der Waals surface area contributed by atoms with E-state index >= 15 is 0 Å². The number of nitrogens with one attached hydrogen (secondary N) is 1. The van der Waals surface area contributed by atoms with E-state index in [1.165, 1.54) is 13.8 Å². The highest BCUT2D eigenvalue weighted by Gasteiger charge is 2.23. The Balaban J connectivity index is 1.87. The first kappa shape index (κ1) is 19.0. The number of nitriles is 1. The third kappa shape index (κ3) is 5.35. The van der Waals surface area contributed by atoms with Gasteiger partial charge in [-0.2, -0.15) is 5.26 Å². The predicted octanol–water partition coefficient (Wildman–Crippen LogP) is 3.20. The van der Waals surface area contributed by atoms with E-state index in [0.29, 0.717) is 17.0 Å². The van der Waals surface area contributed by atoms with Crippen LogP contribution in [0, 0.1) is 18.3 Å². The van der Waals surface area contributed by atoms with Gasteiger partial charge in [0.2, 0.25) is 0 Å². The number of nitrogens with zero attached hydrogens (tertiary/aromatic N) is 1. The lowest BCUT2D eigenvalue weighted by molar-refractivity contribution is -0.159. The predicted molar refractivity (Wildman–Crippen MR) is 96.6 cm³/mol. The van der Waals surface area contributed by atoms with Gasteiger partial charge in [-0.15, -0.1) is 0 Å². The number of ether oxygens (including phenoxy) is 2. The van der Waals surface area contributed by atoms with Crippen LogP contribution in [-0.4, -0.2) is 24.1 Å². The molecule has 6 nitrogen and oxygen atoms in total. The molecule has 0 spiro atoms. The van der Waals surface area contributed by atoms with Crippen LogP contribution in [0.4, 0.5) is 5.69 Å². The number of esters is 1. The Kier molecular flexibility index (Phi) is 6.34. The maximum atomic E-state index is 12.1. The van der Waals surface area contributed by atoms with Crippen molar-refractivity contribution >= 4 is 17.6 Å². The number of anilines is 1. The topological polar surface area (TPSA) is 88.4 Å². The second-order valence-electron chi connectivity index (χ2n) is 5.83. The summed E-state index contributed by atoms with van der Waals surface area (Å²) in [4.78, 5) is 24.2. The van der Waals surface area contributed by atoms with Crippen molar-refractivity contribution in [2.24, 2.45) is 0 Å². The van der Waals surface area contributed by atoms with Crippen molar-refractivity contribution in [3.63, 3.8) is 0 Å². The summed E-state index contributed by atoms with van der Waals surface area (Å²) in [6, 6.07) is 15.7. The Labute approximate surface area is 152 Å². The van der Waals surface area contributed by atoms with E-state index in [-0.39, 0.29) is 0 Å². The van der Waals surface area contributed by atoms with Crippen LogP contribution in [0.15, 0.2) is 48.5 Å². The Morgan fingerprint density at radius 2 is 1.62 bits per heavy atom. The molecule has 0 bridgehead atoms. The summed E-state index contributed by atoms with van der Waals surface area (Å²) in [7, 11) is 0. The van der Waals surface area contributed by atoms with Crippen molar-refractivity contribution in [1.82, 2.24) is 0 Å². The molecule has 0 aliphatic heterocycles. The molecule has 2 aromatic carbocycles. The molecule has 0 aromatic heterocycles. The van der Waals surface area contributed by atoms with Gasteiger partial charge in [0, 0.05) is 5.69 Å². The molecular weight excluding hydrogens is 332 g/mol. The van der Waals surface area contributed by atoms with Crippen LogP contribution in [0.5, 0.6) is 5.75 Å².